The Morgan fingerprint density at radius 1 is 0.369 bits per heavy atom. The maximum Gasteiger partial charge on any atom is 0.220 e. The highest BCUT2D eigenvalue weighted by atomic mass is 35.5. The second-order valence-corrected chi connectivity index (χ2v) is 57.1. The highest BCUT2D eigenvalue weighted by Crippen LogP contribution is 2.48. The number of nitrogens with one attached hydrogen (secondary N) is 2. The molecule has 0 heterocycles. The summed E-state index contributed by atoms with van der Waals surface area (Å²) in [5.41, 5.74) is 4.62. The van der Waals surface area contributed by atoms with Crippen LogP contribution < -0.4 is 20.1 Å². The van der Waals surface area contributed by atoms with E-state index in [-0.39, 0.29) is 11.8 Å². The molecule has 0 spiro atoms. The number of hydrogen-bond donors (Lipinski definition) is 3. The van der Waals surface area contributed by atoms with Gasteiger partial charge < -0.3 is 42.9 Å². The predicted molar refractivity (Wildman–Crippen MR) is 451 cm³/mol. The lowest BCUT2D eigenvalue weighted by Gasteiger charge is -2.48. The van der Waals surface area contributed by atoms with Gasteiger partial charge in [0.05, 0.1) is 50.7 Å². The number of ether oxygens (including phenoxy) is 2. The number of amides is 2. The monoisotopic (exact) mass is 1520 g/mol. The van der Waals surface area contributed by atoms with E-state index < -0.39 is 49.9 Å². The topological polar surface area (TPSA) is 134 Å². The number of rotatable bonds is 55. The molecule has 0 aliphatic carbocycles. The van der Waals surface area contributed by atoms with E-state index in [9.17, 15) is 14.7 Å². The van der Waals surface area contributed by atoms with Gasteiger partial charge in [0, 0.05) is 23.4 Å². The molecule has 3 rings (SSSR count). The summed E-state index contributed by atoms with van der Waals surface area (Å²) in [6, 6.07) is 23.1. The first-order chi connectivity index (χ1) is 48.4. The zero-order valence-electron chi connectivity index (χ0n) is 70.8. The van der Waals surface area contributed by atoms with E-state index in [1.54, 1.807) is 0 Å². The fourth-order valence-electron chi connectivity index (χ4n) is 18.7. The van der Waals surface area contributed by atoms with E-state index in [1.807, 2.05) is 72.8 Å². The van der Waals surface area contributed by atoms with Gasteiger partial charge in [0.15, 0.2) is 33.3 Å². The Bertz CT molecular complexity index is 2540. The second kappa shape index (κ2) is 45.3. The number of unbranched alkanes of at least 4 members (excludes halogenated alkanes) is 14. The van der Waals surface area contributed by atoms with Gasteiger partial charge in [0.25, 0.3) is 0 Å². The van der Waals surface area contributed by atoms with Gasteiger partial charge in [0.2, 0.25) is 11.8 Å². The van der Waals surface area contributed by atoms with Crippen molar-refractivity contribution >= 4 is 56.7 Å². The van der Waals surface area contributed by atoms with Gasteiger partial charge in [-0.2, -0.15) is 0 Å². The third kappa shape index (κ3) is 25.9. The van der Waals surface area contributed by atoms with Crippen LogP contribution in [-0.2, 0) is 32.9 Å². The maximum atomic E-state index is 14.0. The van der Waals surface area contributed by atoms with Crippen molar-refractivity contribution in [2.45, 2.75) is 392 Å². The highest BCUT2D eigenvalue weighted by molar-refractivity contribution is 6.79. The van der Waals surface area contributed by atoms with Crippen molar-refractivity contribution in [1.82, 2.24) is 10.6 Å². The molecule has 0 radical (unpaired) electrons. The van der Waals surface area contributed by atoms with Crippen molar-refractivity contribution < 1.29 is 41.9 Å². The lowest BCUT2D eigenvalue weighted by atomic mass is 9.80. The van der Waals surface area contributed by atoms with Crippen LogP contribution >= 0.6 is 11.6 Å². The van der Waals surface area contributed by atoms with Crippen molar-refractivity contribution in [3.05, 3.63) is 94.5 Å². The van der Waals surface area contributed by atoms with Crippen LogP contribution in [0.25, 0.3) is 0 Å². The Hall–Kier alpha value is -2.84. The van der Waals surface area contributed by atoms with Crippen LogP contribution in [-0.4, -0.2) is 101 Å². The van der Waals surface area contributed by atoms with Crippen LogP contribution in [0.15, 0.2) is 72.8 Å². The molecule has 0 bridgehead atoms. The maximum absolute atomic E-state index is 14.0. The van der Waals surface area contributed by atoms with Crippen molar-refractivity contribution in [3.63, 3.8) is 0 Å². The van der Waals surface area contributed by atoms with Crippen LogP contribution in [0.4, 0.5) is 0 Å². The molecule has 11 nitrogen and oxygen atoms in total. The molecule has 3 aromatic carbocycles. The van der Waals surface area contributed by atoms with Gasteiger partial charge in [-0.05, 0) is 146 Å². The molecule has 2 amide bonds. The number of halogens is 1. The average molecular weight is 1520 g/mol. The third-order valence-electron chi connectivity index (χ3n) is 24.3. The Morgan fingerprint density at radius 2 is 0.621 bits per heavy atom. The standard InChI is InChI=1S/C87H157ClN2O9Si4/c1-27-85(61-96-100(65(3)4,66(5)6)67(7)8,62-97-101(68(9)10,69(11)12)70(13)14)89-83(91)55-41-37-33-29-31-35-39-45-57-94-79-51-47-49-77(59-79)87(93,81-53-43-44-54-82(81)88)78-50-48-52-80(60-78)95-58-46-40-36-32-30-34-38-42-56-84(92)90-86(28-2,63-98-102(71(15)16,72(17)18)73(19)20)64-99-103(74(21)22,75(23)24)76(25)26/h43-44,47-54,59-60,65-76,93H,27-42,45-46,55-58,61-64H2,1-26H3,(H,89,91)(H,90,92). The van der Waals surface area contributed by atoms with Gasteiger partial charge in [-0.15, -0.1) is 0 Å². The van der Waals surface area contributed by atoms with Crippen molar-refractivity contribution in [3.8, 4) is 11.5 Å². The normalized spacial score (nSPS) is 13.4. The SMILES string of the molecule is CCC(CO[Si](C(C)C)(C(C)C)C(C)C)(CO[Si](C(C)C)(C(C)C)C(C)C)NC(=O)CCCCCCCCCCOc1cccc(C(O)(c2cccc(OCCCCCCCCCCC(=O)NC(CC)(CO[Si](C(C)C)(C(C)C)C(C)C)CO[Si](C(C)C)(C(C)C)C(C)C)c2)c2ccccc2Cl)c1. The summed E-state index contributed by atoms with van der Waals surface area (Å²) in [5.74, 6) is 1.63. The van der Waals surface area contributed by atoms with Gasteiger partial charge in [-0.1, -0.05) is 311 Å². The fraction of sp³-hybridized carbons (Fsp3) is 0.770. The molecule has 0 unspecified atom stereocenters. The Kier molecular flexibility index (Phi) is 41.5. The van der Waals surface area contributed by atoms with E-state index in [4.69, 9.17) is 38.8 Å². The fourth-order valence-corrected chi connectivity index (χ4v) is 41.1. The van der Waals surface area contributed by atoms with E-state index >= 15 is 0 Å². The molecule has 0 fully saturated rings. The first-order valence-corrected chi connectivity index (χ1v) is 50.5. The summed E-state index contributed by atoms with van der Waals surface area (Å²) in [6.45, 7) is 63.5. The first-order valence-electron chi connectivity index (χ1n) is 41.6. The number of carbonyl (C=O) groups excluding carboxylic acids is 2. The molecule has 0 atom stereocenters. The Balaban J connectivity index is 1.52. The van der Waals surface area contributed by atoms with Crippen LogP contribution in [0.5, 0.6) is 11.5 Å². The second-order valence-electron chi connectivity index (χ2n) is 34.9. The van der Waals surface area contributed by atoms with Gasteiger partial charge in [0.1, 0.15) is 17.1 Å². The smallest absolute Gasteiger partial charge is 0.220 e. The van der Waals surface area contributed by atoms with Gasteiger partial charge >= 0.3 is 0 Å². The van der Waals surface area contributed by atoms with Gasteiger partial charge in [-0.25, -0.2) is 0 Å². The number of benzene rings is 3. The van der Waals surface area contributed by atoms with Crippen LogP contribution in [0.1, 0.15) is 325 Å². The summed E-state index contributed by atoms with van der Waals surface area (Å²) in [7, 11) is -8.79. The average Bonchev–Trinajstić information content (AvgIpc) is 0.760. The molecule has 0 aliphatic rings. The van der Waals surface area contributed by atoms with E-state index in [1.165, 1.54) is 0 Å². The molecule has 3 aromatic rings. The van der Waals surface area contributed by atoms with Crippen LogP contribution in [0, 0.1) is 0 Å². The summed E-state index contributed by atoms with van der Waals surface area (Å²) >= 11 is 6.93. The van der Waals surface area contributed by atoms with E-state index in [0.29, 0.717) is 152 Å². The van der Waals surface area contributed by atoms with Gasteiger partial charge in [-0.3, -0.25) is 9.59 Å². The largest absolute Gasteiger partial charge is 0.494 e. The molecule has 103 heavy (non-hydrogen) atoms. The summed E-state index contributed by atoms with van der Waals surface area (Å²) in [5, 5.41) is 20.7. The first kappa shape index (κ1) is 94.4. The molecular weight excluding hydrogens is 1360 g/mol. The molecular formula is C87H157ClN2O9Si4. The summed E-state index contributed by atoms with van der Waals surface area (Å²) in [6.07, 6.45) is 19.4. The lowest BCUT2D eigenvalue weighted by molar-refractivity contribution is -0.125. The Labute approximate surface area is 642 Å². The zero-order valence-corrected chi connectivity index (χ0v) is 75.6. The molecule has 0 aliphatic heterocycles. The Morgan fingerprint density at radius 3 is 0.874 bits per heavy atom. The number of carbonyl (C=O) groups is 2. The summed E-state index contributed by atoms with van der Waals surface area (Å²) in [4.78, 5) is 28.0. The lowest BCUT2D eigenvalue weighted by Crippen LogP contribution is -2.61. The molecule has 16 heteroatoms. The van der Waals surface area contributed by atoms with Crippen LogP contribution in [0.3, 0.4) is 0 Å². The quantitative estimate of drug-likeness (QED) is 0.0287. The molecule has 0 saturated carbocycles. The molecule has 0 saturated heterocycles. The minimum absolute atomic E-state index is 0.111. The third-order valence-corrected chi connectivity index (χ3v) is 48.8. The van der Waals surface area contributed by atoms with E-state index in [2.05, 4.69) is 191 Å². The molecule has 3 N–H and O–H groups in total. The molecule has 592 valence electrons. The minimum Gasteiger partial charge on any atom is -0.494 e. The van der Waals surface area contributed by atoms with Crippen molar-refractivity contribution in [2.75, 3.05) is 39.6 Å². The number of hydrogen-bond acceptors (Lipinski definition) is 9. The van der Waals surface area contributed by atoms with E-state index in [0.717, 1.165) is 116 Å². The minimum atomic E-state index is -2.20. The molecule has 0 aromatic heterocycles. The highest BCUT2D eigenvalue weighted by Gasteiger charge is 2.52. The number of aliphatic hydroxyl groups is 1. The van der Waals surface area contributed by atoms with Crippen molar-refractivity contribution in [1.29, 1.82) is 0 Å². The zero-order chi connectivity index (χ0) is 77.6. The predicted octanol–water partition coefficient (Wildman–Crippen LogP) is 25.7. The van der Waals surface area contributed by atoms with Crippen LogP contribution in [0.2, 0.25) is 71.5 Å². The summed E-state index contributed by atoms with van der Waals surface area (Å²) < 4.78 is 41.9. The van der Waals surface area contributed by atoms with Crippen molar-refractivity contribution in [2.24, 2.45) is 0 Å².